The summed E-state index contributed by atoms with van der Waals surface area (Å²) in [5.74, 6) is 0.470. The molecule has 0 spiro atoms. The van der Waals surface area contributed by atoms with E-state index in [0.29, 0.717) is 37.2 Å². The maximum atomic E-state index is 12.4. The molecule has 1 aromatic rings. The quantitative estimate of drug-likeness (QED) is 0.688. The Morgan fingerprint density at radius 1 is 1.24 bits per heavy atom. The predicted octanol–water partition coefficient (Wildman–Crippen LogP) is 3.60. The fourth-order valence-corrected chi connectivity index (χ4v) is 1.99. The van der Waals surface area contributed by atoms with Crippen molar-refractivity contribution in [1.82, 2.24) is 4.90 Å². The van der Waals surface area contributed by atoms with Crippen LogP contribution in [0.15, 0.2) is 24.3 Å². The van der Waals surface area contributed by atoms with Crippen molar-refractivity contribution in [2.75, 3.05) is 26.2 Å². The van der Waals surface area contributed by atoms with Gasteiger partial charge in [-0.15, -0.1) is 0 Å². The highest BCUT2D eigenvalue weighted by atomic mass is 19.4. The van der Waals surface area contributed by atoms with Gasteiger partial charge in [-0.1, -0.05) is 19.1 Å². The third-order valence-electron chi connectivity index (χ3n) is 2.83. The minimum Gasteiger partial charge on any atom is -0.492 e. The molecule has 3 nitrogen and oxygen atoms in total. The maximum Gasteiger partial charge on any atom is 0.401 e. The largest absolute Gasteiger partial charge is 0.492 e. The van der Waals surface area contributed by atoms with Gasteiger partial charge in [0.2, 0.25) is 0 Å². The zero-order chi connectivity index (χ0) is 15.7. The van der Waals surface area contributed by atoms with E-state index in [1.54, 1.807) is 24.3 Å². The smallest absolute Gasteiger partial charge is 0.401 e. The Balaban J connectivity index is 2.39. The summed E-state index contributed by atoms with van der Waals surface area (Å²) in [5, 5.41) is 8.90. The summed E-state index contributed by atoms with van der Waals surface area (Å²) in [6.45, 7) is 1.98. The second-order valence-electron chi connectivity index (χ2n) is 4.70. The predicted molar refractivity (Wildman–Crippen MR) is 74.1 cm³/mol. The number of hydrogen-bond acceptors (Lipinski definition) is 3. The van der Waals surface area contributed by atoms with E-state index in [1.165, 1.54) is 4.90 Å². The zero-order valence-corrected chi connectivity index (χ0v) is 12.0. The van der Waals surface area contributed by atoms with Gasteiger partial charge in [0.25, 0.3) is 0 Å². The molecule has 116 valence electrons. The molecular formula is C15H19F3N2O. The number of benzene rings is 1. The first-order valence-corrected chi connectivity index (χ1v) is 6.87. The first-order chi connectivity index (χ1) is 9.96. The van der Waals surface area contributed by atoms with Crippen molar-refractivity contribution in [3.05, 3.63) is 29.8 Å². The molecule has 0 aliphatic carbocycles. The Labute approximate surface area is 122 Å². The molecule has 0 amide bonds. The lowest BCUT2D eigenvalue weighted by molar-refractivity contribution is -0.146. The van der Waals surface area contributed by atoms with Gasteiger partial charge in [0.05, 0.1) is 18.7 Å². The number of rotatable bonds is 8. The van der Waals surface area contributed by atoms with E-state index in [1.807, 2.05) is 13.0 Å². The molecule has 0 aliphatic heterocycles. The van der Waals surface area contributed by atoms with Gasteiger partial charge in [0.1, 0.15) is 11.8 Å². The first-order valence-electron chi connectivity index (χ1n) is 6.87. The van der Waals surface area contributed by atoms with Crippen LogP contribution in [0, 0.1) is 11.3 Å². The highest BCUT2D eigenvalue weighted by molar-refractivity contribution is 5.42. The number of hydrogen-bond donors (Lipinski definition) is 0. The van der Waals surface area contributed by atoms with Gasteiger partial charge >= 0.3 is 6.18 Å². The Morgan fingerprint density at radius 2 is 1.95 bits per heavy atom. The van der Waals surface area contributed by atoms with E-state index >= 15 is 0 Å². The summed E-state index contributed by atoms with van der Waals surface area (Å²) < 4.78 is 42.6. The Morgan fingerprint density at radius 3 is 2.57 bits per heavy atom. The SMILES string of the molecule is CCCN(CCCOc1ccccc1C#N)CC(F)(F)F. The van der Waals surface area contributed by atoms with Crippen LogP contribution >= 0.6 is 0 Å². The second-order valence-corrected chi connectivity index (χ2v) is 4.70. The van der Waals surface area contributed by atoms with Crippen LogP contribution in [0.1, 0.15) is 25.3 Å². The summed E-state index contributed by atoms with van der Waals surface area (Å²) in [7, 11) is 0. The van der Waals surface area contributed by atoms with Gasteiger partial charge in [0.15, 0.2) is 0 Å². The van der Waals surface area contributed by atoms with Gasteiger partial charge in [-0.2, -0.15) is 18.4 Å². The minimum absolute atomic E-state index is 0.288. The molecule has 0 saturated heterocycles. The van der Waals surface area contributed by atoms with Crippen LogP contribution in [0.3, 0.4) is 0 Å². The molecule has 21 heavy (non-hydrogen) atoms. The summed E-state index contributed by atoms with van der Waals surface area (Å²) in [4.78, 5) is 1.37. The number of nitriles is 1. The standard InChI is InChI=1S/C15H19F3N2O/c1-2-8-20(12-15(16,17)18)9-5-10-21-14-7-4-3-6-13(14)11-19/h3-4,6-7H,2,5,8-10,12H2,1H3. The first kappa shape index (κ1) is 17.3. The molecule has 0 unspecified atom stereocenters. The molecule has 1 aromatic carbocycles. The van der Waals surface area contributed by atoms with Gasteiger partial charge in [0, 0.05) is 6.54 Å². The van der Waals surface area contributed by atoms with E-state index in [4.69, 9.17) is 10.00 Å². The van der Waals surface area contributed by atoms with Crippen LogP contribution in [0.25, 0.3) is 0 Å². The fraction of sp³-hybridized carbons (Fsp3) is 0.533. The Hall–Kier alpha value is -1.74. The molecule has 0 aliphatic rings. The van der Waals surface area contributed by atoms with Gasteiger partial charge in [-0.05, 0) is 31.5 Å². The molecule has 6 heteroatoms. The topological polar surface area (TPSA) is 36.3 Å². The number of halogens is 3. The van der Waals surface area contributed by atoms with Gasteiger partial charge in [-0.25, -0.2) is 0 Å². The van der Waals surface area contributed by atoms with E-state index in [0.717, 1.165) is 0 Å². The summed E-state index contributed by atoms with van der Waals surface area (Å²) >= 11 is 0. The van der Waals surface area contributed by atoms with Gasteiger partial charge in [-0.3, -0.25) is 4.90 Å². The molecule has 0 fully saturated rings. The number of nitrogens with zero attached hydrogens (tertiary/aromatic N) is 2. The van der Waals surface area contributed by atoms with Crippen molar-refractivity contribution >= 4 is 0 Å². The molecule has 0 heterocycles. The van der Waals surface area contributed by atoms with Crippen LogP contribution < -0.4 is 4.74 Å². The normalized spacial score (nSPS) is 11.4. The highest BCUT2D eigenvalue weighted by Gasteiger charge is 2.30. The van der Waals surface area contributed by atoms with E-state index in [2.05, 4.69) is 0 Å². The average molecular weight is 300 g/mol. The third-order valence-corrected chi connectivity index (χ3v) is 2.83. The maximum absolute atomic E-state index is 12.4. The van der Waals surface area contributed by atoms with Crippen molar-refractivity contribution < 1.29 is 17.9 Å². The lowest BCUT2D eigenvalue weighted by atomic mass is 10.2. The average Bonchev–Trinajstić information content (AvgIpc) is 2.42. The number of para-hydroxylation sites is 1. The van der Waals surface area contributed by atoms with Gasteiger partial charge < -0.3 is 4.74 Å². The third kappa shape index (κ3) is 7.00. The lowest BCUT2D eigenvalue weighted by Crippen LogP contribution is -2.36. The van der Waals surface area contributed by atoms with Crippen LogP contribution in [-0.2, 0) is 0 Å². The Bertz CT molecular complexity index is 469. The van der Waals surface area contributed by atoms with E-state index in [-0.39, 0.29) is 6.61 Å². The Kier molecular flexibility index (Phi) is 7.03. The molecule has 0 bridgehead atoms. The van der Waals surface area contributed by atoms with Crippen molar-refractivity contribution in [2.24, 2.45) is 0 Å². The number of alkyl halides is 3. The highest BCUT2D eigenvalue weighted by Crippen LogP contribution is 2.18. The van der Waals surface area contributed by atoms with Crippen molar-refractivity contribution in [2.45, 2.75) is 25.9 Å². The fourth-order valence-electron chi connectivity index (χ4n) is 1.99. The van der Waals surface area contributed by atoms with Crippen LogP contribution in [0.5, 0.6) is 5.75 Å². The molecular weight excluding hydrogens is 281 g/mol. The molecule has 1 rings (SSSR count). The van der Waals surface area contributed by atoms with Crippen LogP contribution in [-0.4, -0.2) is 37.3 Å². The molecule has 0 radical (unpaired) electrons. The zero-order valence-electron chi connectivity index (χ0n) is 12.0. The molecule has 0 saturated carbocycles. The molecule has 0 N–H and O–H groups in total. The lowest BCUT2D eigenvalue weighted by Gasteiger charge is -2.22. The minimum atomic E-state index is -4.18. The van der Waals surface area contributed by atoms with Crippen LogP contribution in [0.2, 0.25) is 0 Å². The van der Waals surface area contributed by atoms with Crippen molar-refractivity contribution in [3.8, 4) is 11.8 Å². The van der Waals surface area contributed by atoms with Crippen molar-refractivity contribution in [3.63, 3.8) is 0 Å². The summed E-state index contributed by atoms with van der Waals surface area (Å²) in [6.07, 6.45) is -3.02. The number of ether oxygens (including phenoxy) is 1. The van der Waals surface area contributed by atoms with E-state index in [9.17, 15) is 13.2 Å². The molecule has 0 aromatic heterocycles. The van der Waals surface area contributed by atoms with E-state index < -0.39 is 12.7 Å². The second kappa shape index (κ2) is 8.53. The summed E-state index contributed by atoms with van der Waals surface area (Å²) in [5.41, 5.74) is 0.429. The summed E-state index contributed by atoms with van der Waals surface area (Å²) in [6, 6.07) is 8.82. The molecule has 0 atom stereocenters. The van der Waals surface area contributed by atoms with Crippen LogP contribution in [0.4, 0.5) is 13.2 Å². The monoisotopic (exact) mass is 300 g/mol. The van der Waals surface area contributed by atoms with Crippen molar-refractivity contribution in [1.29, 1.82) is 5.26 Å².